The number of benzene rings is 1. The number of hydrogen-bond acceptors (Lipinski definition) is 2. The Morgan fingerprint density at radius 2 is 1.91 bits per heavy atom. The lowest BCUT2D eigenvalue weighted by Crippen LogP contribution is -2.47. The first-order chi connectivity index (χ1) is 10.7. The van der Waals surface area contributed by atoms with Crippen LogP contribution in [-0.2, 0) is 9.59 Å². The van der Waals surface area contributed by atoms with E-state index in [-0.39, 0.29) is 18.4 Å². The van der Waals surface area contributed by atoms with Gasteiger partial charge < -0.3 is 9.80 Å². The summed E-state index contributed by atoms with van der Waals surface area (Å²) in [5.74, 6) is 0.669. The normalized spacial score (nSPS) is 22.7. The van der Waals surface area contributed by atoms with Crippen molar-refractivity contribution in [1.82, 2.24) is 9.80 Å². The van der Waals surface area contributed by atoms with E-state index < -0.39 is 0 Å². The largest absolute Gasteiger partial charge is 0.341 e. The fourth-order valence-electron chi connectivity index (χ4n) is 3.49. The third-order valence-corrected chi connectivity index (χ3v) is 4.79. The van der Waals surface area contributed by atoms with Crippen molar-refractivity contribution in [3.8, 4) is 0 Å². The zero-order chi connectivity index (χ0) is 15.4. The lowest BCUT2D eigenvalue weighted by molar-refractivity contribution is -0.142. The van der Waals surface area contributed by atoms with E-state index in [1.54, 1.807) is 4.90 Å². The number of carbonyl (C=O) groups excluding carboxylic acids is 2. The van der Waals surface area contributed by atoms with Gasteiger partial charge in [0.05, 0.1) is 6.54 Å². The van der Waals surface area contributed by atoms with Gasteiger partial charge in [0.1, 0.15) is 0 Å². The molecule has 0 spiro atoms. The second kappa shape index (κ2) is 6.95. The summed E-state index contributed by atoms with van der Waals surface area (Å²) in [6, 6.07) is 10.4. The maximum Gasteiger partial charge on any atom is 0.242 e. The van der Waals surface area contributed by atoms with Crippen LogP contribution in [0.1, 0.15) is 43.6 Å². The monoisotopic (exact) mass is 300 g/mol. The van der Waals surface area contributed by atoms with Crippen LogP contribution < -0.4 is 0 Å². The van der Waals surface area contributed by atoms with E-state index >= 15 is 0 Å². The number of carbonyl (C=O) groups is 2. The van der Waals surface area contributed by atoms with E-state index in [2.05, 4.69) is 24.3 Å². The van der Waals surface area contributed by atoms with Gasteiger partial charge in [-0.05, 0) is 31.2 Å². The van der Waals surface area contributed by atoms with Gasteiger partial charge in [0, 0.05) is 32.0 Å². The molecule has 2 saturated heterocycles. The molecule has 2 aliphatic heterocycles. The van der Waals surface area contributed by atoms with Gasteiger partial charge in [-0.2, -0.15) is 0 Å². The van der Waals surface area contributed by atoms with Crippen molar-refractivity contribution in [3.05, 3.63) is 35.9 Å². The second-order valence-corrected chi connectivity index (χ2v) is 6.36. The fourth-order valence-corrected chi connectivity index (χ4v) is 3.49. The van der Waals surface area contributed by atoms with Gasteiger partial charge in [-0.15, -0.1) is 0 Å². The lowest BCUT2D eigenvalue weighted by atomic mass is 9.90. The van der Waals surface area contributed by atoms with Crippen LogP contribution in [0.3, 0.4) is 0 Å². The Balaban J connectivity index is 1.59. The smallest absolute Gasteiger partial charge is 0.242 e. The summed E-state index contributed by atoms with van der Waals surface area (Å²) < 4.78 is 0. The average Bonchev–Trinajstić information content (AvgIpc) is 2.58. The molecule has 0 radical (unpaired) electrons. The van der Waals surface area contributed by atoms with E-state index in [9.17, 15) is 9.59 Å². The molecule has 118 valence electrons. The summed E-state index contributed by atoms with van der Waals surface area (Å²) in [6.07, 6.45) is 4.75. The molecule has 4 heteroatoms. The third-order valence-electron chi connectivity index (χ3n) is 4.79. The molecule has 2 amide bonds. The lowest BCUT2D eigenvalue weighted by Gasteiger charge is -2.35. The van der Waals surface area contributed by atoms with Gasteiger partial charge >= 0.3 is 0 Å². The Hall–Kier alpha value is -1.84. The average molecular weight is 300 g/mol. The van der Waals surface area contributed by atoms with Crippen LogP contribution in [0.4, 0.5) is 0 Å². The first kappa shape index (κ1) is 15.1. The van der Waals surface area contributed by atoms with Crippen LogP contribution in [0, 0.1) is 0 Å². The standard InChI is InChI=1S/C18H24N2O2/c21-17-10-4-5-11-20(17)14-18(22)19-12-6-9-16(13-19)15-7-2-1-3-8-15/h1-3,7-8,16H,4-6,9-14H2/t16-/m0/s1. The maximum absolute atomic E-state index is 12.5. The van der Waals surface area contributed by atoms with Crippen molar-refractivity contribution < 1.29 is 9.59 Å². The predicted octanol–water partition coefficient (Wildman–Crippen LogP) is 2.41. The van der Waals surface area contributed by atoms with Crippen molar-refractivity contribution in [2.24, 2.45) is 0 Å². The SMILES string of the molecule is O=C1CCCCN1CC(=O)N1CCC[C@H](c2ccccc2)C1. The summed E-state index contributed by atoms with van der Waals surface area (Å²) in [5, 5.41) is 0. The Bertz CT molecular complexity index is 529. The molecule has 2 heterocycles. The fraction of sp³-hybridized carbons (Fsp3) is 0.556. The highest BCUT2D eigenvalue weighted by Gasteiger charge is 2.27. The molecule has 0 saturated carbocycles. The van der Waals surface area contributed by atoms with E-state index in [4.69, 9.17) is 0 Å². The Kier molecular flexibility index (Phi) is 4.76. The Morgan fingerprint density at radius 3 is 2.68 bits per heavy atom. The number of likely N-dealkylation sites (tertiary alicyclic amines) is 2. The Morgan fingerprint density at radius 1 is 1.09 bits per heavy atom. The highest BCUT2D eigenvalue weighted by molar-refractivity contribution is 5.85. The van der Waals surface area contributed by atoms with Crippen molar-refractivity contribution in [2.45, 2.75) is 38.0 Å². The summed E-state index contributed by atoms with van der Waals surface area (Å²) in [7, 11) is 0. The van der Waals surface area contributed by atoms with Crippen LogP contribution >= 0.6 is 0 Å². The molecule has 0 aromatic heterocycles. The molecule has 3 rings (SSSR count). The van der Waals surface area contributed by atoms with E-state index in [0.717, 1.165) is 45.3 Å². The quantitative estimate of drug-likeness (QED) is 0.860. The molecule has 2 fully saturated rings. The van der Waals surface area contributed by atoms with Gasteiger partial charge in [0.25, 0.3) is 0 Å². The highest BCUT2D eigenvalue weighted by Crippen LogP contribution is 2.26. The van der Waals surface area contributed by atoms with Gasteiger partial charge in [-0.25, -0.2) is 0 Å². The maximum atomic E-state index is 12.5. The van der Waals surface area contributed by atoms with E-state index in [1.165, 1.54) is 5.56 Å². The molecule has 22 heavy (non-hydrogen) atoms. The first-order valence-electron chi connectivity index (χ1n) is 8.34. The van der Waals surface area contributed by atoms with Crippen LogP contribution in [0.5, 0.6) is 0 Å². The van der Waals surface area contributed by atoms with Crippen molar-refractivity contribution in [3.63, 3.8) is 0 Å². The minimum absolute atomic E-state index is 0.107. The topological polar surface area (TPSA) is 40.6 Å². The van der Waals surface area contributed by atoms with Gasteiger partial charge in [-0.1, -0.05) is 30.3 Å². The van der Waals surface area contributed by atoms with Gasteiger partial charge in [-0.3, -0.25) is 9.59 Å². The van der Waals surface area contributed by atoms with E-state index in [0.29, 0.717) is 12.3 Å². The van der Waals surface area contributed by atoms with Gasteiger partial charge in [0.15, 0.2) is 0 Å². The zero-order valence-electron chi connectivity index (χ0n) is 13.0. The molecule has 0 N–H and O–H groups in total. The molecule has 0 bridgehead atoms. The highest BCUT2D eigenvalue weighted by atomic mass is 16.2. The van der Waals surface area contributed by atoms with Crippen molar-refractivity contribution in [2.75, 3.05) is 26.2 Å². The summed E-state index contributed by atoms with van der Waals surface area (Å²) in [5.41, 5.74) is 1.31. The molecule has 2 aliphatic rings. The molecular weight excluding hydrogens is 276 g/mol. The second-order valence-electron chi connectivity index (χ2n) is 6.36. The van der Waals surface area contributed by atoms with Crippen LogP contribution in [0.25, 0.3) is 0 Å². The molecule has 4 nitrogen and oxygen atoms in total. The molecule has 0 aliphatic carbocycles. The number of piperidine rings is 2. The minimum Gasteiger partial charge on any atom is -0.341 e. The van der Waals surface area contributed by atoms with Crippen LogP contribution in [0.15, 0.2) is 30.3 Å². The molecule has 1 aromatic rings. The Labute approximate surface area is 132 Å². The molecule has 1 aromatic carbocycles. The molecule has 1 atom stereocenters. The minimum atomic E-state index is 0.107. The number of nitrogens with zero attached hydrogens (tertiary/aromatic N) is 2. The number of amides is 2. The van der Waals surface area contributed by atoms with Crippen LogP contribution in [-0.4, -0.2) is 47.8 Å². The third kappa shape index (κ3) is 3.49. The van der Waals surface area contributed by atoms with Crippen molar-refractivity contribution in [1.29, 1.82) is 0 Å². The number of hydrogen-bond donors (Lipinski definition) is 0. The summed E-state index contributed by atoms with van der Waals surface area (Å²) in [6.45, 7) is 2.61. The first-order valence-corrected chi connectivity index (χ1v) is 8.34. The van der Waals surface area contributed by atoms with Crippen LogP contribution in [0.2, 0.25) is 0 Å². The van der Waals surface area contributed by atoms with Gasteiger partial charge in [0.2, 0.25) is 11.8 Å². The predicted molar refractivity (Wildman–Crippen MR) is 85.4 cm³/mol. The van der Waals surface area contributed by atoms with Crippen molar-refractivity contribution >= 4 is 11.8 Å². The molecule has 0 unspecified atom stereocenters. The summed E-state index contributed by atoms with van der Waals surface area (Å²) >= 11 is 0. The summed E-state index contributed by atoms with van der Waals surface area (Å²) in [4.78, 5) is 28.1. The number of rotatable bonds is 3. The van der Waals surface area contributed by atoms with E-state index in [1.807, 2.05) is 11.0 Å². The zero-order valence-corrected chi connectivity index (χ0v) is 13.0. The molecular formula is C18H24N2O2.